The summed E-state index contributed by atoms with van der Waals surface area (Å²) in [5.41, 5.74) is 1.29. The minimum atomic E-state index is -0.316. The van der Waals surface area contributed by atoms with Crippen molar-refractivity contribution in [1.82, 2.24) is 20.1 Å². The largest absolute Gasteiger partial charge is 0.338 e. The number of aromatic amines is 1. The van der Waals surface area contributed by atoms with Crippen LogP contribution in [0.1, 0.15) is 23.9 Å². The molecule has 0 saturated heterocycles. The predicted molar refractivity (Wildman–Crippen MR) is 98.9 cm³/mol. The summed E-state index contributed by atoms with van der Waals surface area (Å²) >= 11 is 2.72. The van der Waals surface area contributed by atoms with Gasteiger partial charge in [0.05, 0.1) is 10.6 Å². The Labute approximate surface area is 155 Å². The number of halogens is 1. The molecule has 26 heavy (non-hydrogen) atoms. The highest BCUT2D eigenvalue weighted by Crippen LogP contribution is 2.35. The zero-order chi connectivity index (χ0) is 18.3. The SMILES string of the molecule is Cc1noc([C@H](C)Sc2nc3scc(-c4ccc(F)cc4)c3c(=O)[nH]2)n1. The second-order valence-corrected chi connectivity index (χ2v) is 7.84. The van der Waals surface area contributed by atoms with Crippen molar-refractivity contribution in [3.8, 4) is 11.1 Å². The molecule has 3 aromatic heterocycles. The van der Waals surface area contributed by atoms with Crippen LogP contribution in [0.2, 0.25) is 0 Å². The monoisotopic (exact) mass is 388 g/mol. The average Bonchev–Trinajstić information content (AvgIpc) is 3.22. The molecule has 1 atom stereocenters. The Bertz CT molecular complexity index is 1130. The Hall–Kier alpha value is -2.52. The van der Waals surface area contributed by atoms with E-state index in [4.69, 9.17) is 4.52 Å². The molecular weight excluding hydrogens is 375 g/mol. The van der Waals surface area contributed by atoms with Gasteiger partial charge in [0.25, 0.3) is 5.56 Å². The van der Waals surface area contributed by atoms with Gasteiger partial charge in [-0.25, -0.2) is 9.37 Å². The van der Waals surface area contributed by atoms with Crippen LogP contribution >= 0.6 is 23.1 Å². The molecule has 0 unspecified atom stereocenters. The number of nitrogens with one attached hydrogen (secondary N) is 1. The highest BCUT2D eigenvalue weighted by molar-refractivity contribution is 7.99. The summed E-state index contributed by atoms with van der Waals surface area (Å²) in [6.45, 7) is 3.65. The standard InChI is InChI=1S/C17H13FN4O2S2/c1-8(15-19-9(2)22-24-15)26-17-20-14(23)13-12(7-25-16(13)21-17)10-3-5-11(18)6-4-10/h3-8H,1-2H3,(H,20,21,23)/t8-/m0/s1. The molecule has 3 heterocycles. The third-order valence-electron chi connectivity index (χ3n) is 3.76. The van der Waals surface area contributed by atoms with Gasteiger partial charge in [0, 0.05) is 10.9 Å². The number of aromatic nitrogens is 4. The van der Waals surface area contributed by atoms with Crippen LogP contribution in [0.5, 0.6) is 0 Å². The molecule has 0 aliphatic heterocycles. The maximum Gasteiger partial charge on any atom is 0.260 e. The van der Waals surface area contributed by atoms with Gasteiger partial charge in [-0.1, -0.05) is 29.1 Å². The van der Waals surface area contributed by atoms with Crippen LogP contribution in [-0.2, 0) is 0 Å². The summed E-state index contributed by atoms with van der Waals surface area (Å²) in [6.07, 6.45) is 0. The number of thiophene rings is 1. The van der Waals surface area contributed by atoms with Crippen LogP contribution in [0, 0.1) is 12.7 Å². The van der Waals surface area contributed by atoms with Crippen LogP contribution in [0.15, 0.2) is 44.1 Å². The lowest BCUT2D eigenvalue weighted by atomic mass is 10.1. The number of nitrogens with zero attached hydrogens (tertiary/aromatic N) is 3. The van der Waals surface area contributed by atoms with Gasteiger partial charge in [-0.3, -0.25) is 4.79 Å². The summed E-state index contributed by atoms with van der Waals surface area (Å²) in [6, 6.07) is 6.05. The van der Waals surface area contributed by atoms with E-state index in [0.29, 0.717) is 27.1 Å². The van der Waals surface area contributed by atoms with Crippen molar-refractivity contribution >= 4 is 33.3 Å². The van der Waals surface area contributed by atoms with Crippen molar-refractivity contribution in [2.45, 2.75) is 24.3 Å². The lowest BCUT2D eigenvalue weighted by Gasteiger charge is -2.05. The van der Waals surface area contributed by atoms with Gasteiger partial charge < -0.3 is 9.51 Å². The van der Waals surface area contributed by atoms with E-state index in [-0.39, 0.29) is 16.6 Å². The second kappa shape index (κ2) is 6.65. The number of hydrogen-bond donors (Lipinski definition) is 1. The molecule has 1 aromatic carbocycles. The van der Waals surface area contributed by atoms with Gasteiger partial charge in [0.2, 0.25) is 5.89 Å². The molecule has 9 heteroatoms. The molecule has 0 spiro atoms. The van der Waals surface area contributed by atoms with E-state index in [1.54, 1.807) is 19.1 Å². The van der Waals surface area contributed by atoms with Crippen molar-refractivity contribution in [2.75, 3.05) is 0 Å². The molecule has 0 aliphatic rings. The van der Waals surface area contributed by atoms with E-state index >= 15 is 0 Å². The number of rotatable bonds is 4. The molecule has 132 valence electrons. The van der Waals surface area contributed by atoms with E-state index in [0.717, 1.165) is 11.1 Å². The summed E-state index contributed by atoms with van der Waals surface area (Å²) in [5, 5.41) is 6.48. The molecule has 0 fully saturated rings. The molecule has 0 saturated carbocycles. The lowest BCUT2D eigenvalue weighted by molar-refractivity contribution is 0.376. The van der Waals surface area contributed by atoms with Crippen LogP contribution < -0.4 is 5.56 Å². The smallest absolute Gasteiger partial charge is 0.260 e. The van der Waals surface area contributed by atoms with Gasteiger partial charge in [0.1, 0.15) is 10.6 Å². The average molecular weight is 388 g/mol. The molecular formula is C17H13FN4O2S2. The number of aryl methyl sites for hydroxylation is 1. The van der Waals surface area contributed by atoms with Gasteiger partial charge in [-0.2, -0.15) is 4.98 Å². The highest BCUT2D eigenvalue weighted by atomic mass is 32.2. The van der Waals surface area contributed by atoms with E-state index in [1.165, 1.54) is 35.2 Å². The fraction of sp³-hybridized carbons (Fsp3) is 0.176. The first-order valence-electron chi connectivity index (χ1n) is 7.75. The van der Waals surface area contributed by atoms with Crippen molar-refractivity contribution in [3.05, 3.63) is 57.5 Å². The Kier molecular flexibility index (Phi) is 4.33. The van der Waals surface area contributed by atoms with E-state index in [2.05, 4.69) is 20.1 Å². The summed E-state index contributed by atoms with van der Waals surface area (Å²) in [7, 11) is 0. The minimum Gasteiger partial charge on any atom is -0.338 e. The van der Waals surface area contributed by atoms with Crippen LogP contribution in [0.25, 0.3) is 21.3 Å². The molecule has 0 radical (unpaired) electrons. The first-order chi connectivity index (χ1) is 12.5. The van der Waals surface area contributed by atoms with Crippen LogP contribution in [-0.4, -0.2) is 20.1 Å². The highest BCUT2D eigenvalue weighted by Gasteiger charge is 2.18. The van der Waals surface area contributed by atoms with Crippen molar-refractivity contribution in [1.29, 1.82) is 0 Å². The minimum absolute atomic E-state index is 0.145. The first-order valence-corrected chi connectivity index (χ1v) is 9.51. The number of H-pyrrole nitrogens is 1. The Morgan fingerprint density at radius 2 is 2.04 bits per heavy atom. The van der Waals surface area contributed by atoms with Gasteiger partial charge in [0.15, 0.2) is 11.0 Å². The fourth-order valence-electron chi connectivity index (χ4n) is 2.52. The van der Waals surface area contributed by atoms with Crippen LogP contribution in [0.3, 0.4) is 0 Å². The van der Waals surface area contributed by atoms with E-state index in [9.17, 15) is 9.18 Å². The molecule has 4 rings (SSSR count). The van der Waals surface area contributed by atoms with Crippen LogP contribution in [0.4, 0.5) is 4.39 Å². The third kappa shape index (κ3) is 3.15. The Morgan fingerprint density at radius 1 is 1.27 bits per heavy atom. The predicted octanol–water partition coefficient (Wildman–Crippen LogP) is 4.34. The normalized spacial score (nSPS) is 12.6. The lowest BCUT2D eigenvalue weighted by Crippen LogP contribution is -2.09. The molecule has 6 nitrogen and oxygen atoms in total. The molecule has 0 aliphatic carbocycles. The zero-order valence-corrected chi connectivity index (χ0v) is 15.4. The second-order valence-electron chi connectivity index (χ2n) is 5.65. The maximum absolute atomic E-state index is 13.1. The first kappa shape index (κ1) is 16.9. The molecule has 1 N–H and O–H groups in total. The number of fused-ring (bicyclic) bond motifs is 1. The maximum atomic E-state index is 13.1. The zero-order valence-electron chi connectivity index (χ0n) is 13.8. The summed E-state index contributed by atoms with van der Waals surface area (Å²) in [4.78, 5) is 24.8. The number of hydrogen-bond acceptors (Lipinski definition) is 7. The van der Waals surface area contributed by atoms with Gasteiger partial charge in [-0.05, 0) is 31.5 Å². The van der Waals surface area contributed by atoms with Gasteiger partial charge in [-0.15, -0.1) is 11.3 Å². The van der Waals surface area contributed by atoms with E-state index in [1.807, 2.05) is 12.3 Å². The third-order valence-corrected chi connectivity index (χ3v) is 5.60. The Balaban J connectivity index is 1.69. The molecule has 4 aromatic rings. The topological polar surface area (TPSA) is 84.7 Å². The Morgan fingerprint density at radius 3 is 2.73 bits per heavy atom. The van der Waals surface area contributed by atoms with Crippen molar-refractivity contribution < 1.29 is 8.91 Å². The molecule has 0 amide bonds. The van der Waals surface area contributed by atoms with E-state index < -0.39 is 0 Å². The fourth-order valence-corrected chi connectivity index (χ4v) is 4.36. The summed E-state index contributed by atoms with van der Waals surface area (Å²) < 4.78 is 18.3. The number of thioether (sulfide) groups is 1. The molecule has 0 bridgehead atoms. The number of benzene rings is 1. The quantitative estimate of drug-likeness (QED) is 0.414. The van der Waals surface area contributed by atoms with Crippen molar-refractivity contribution in [2.24, 2.45) is 0 Å². The van der Waals surface area contributed by atoms with Gasteiger partial charge >= 0.3 is 0 Å². The van der Waals surface area contributed by atoms with Crippen molar-refractivity contribution in [3.63, 3.8) is 0 Å². The summed E-state index contributed by atoms with van der Waals surface area (Å²) in [5.74, 6) is 0.726.